The predicted molar refractivity (Wildman–Crippen MR) is 220 cm³/mol. The lowest BCUT2D eigenvalue weighted by atomic mass is 9.99. The van der Waals surface area contributed by atoms with Gasteiger partial charge in [-0.2, -0.15) is 5.26 Å². The van der Waals surface area contributed by atoms with E-state index in [0.29, 0.717) is 5.56 Å². The maximum atomic E-state index is 10.6. The summed E-state index contributed by atoms with van der Waals surface area (Å²) < 4.78 is 17.6. The van der Waals surface area contributed by atoms with E-state index in [1.54, 1.807) is 0 Å². The molecule has 0 aliphatic rings. The van der Waals surface area contributed by atoms with Crippen molar-refractivity contribution < 1.29 is 8.83 Å². The molecular formula is C49H27N3O2. The second kappa shape index (κ2) is 10.7. The van der Waals surface area contributed by atoms with E-state index in [0.717, 1.165) is 105 Å². The summed E-state index contributed by atoms with van der Waals surface area (Å²) in [6.45, 7) is 0. The number of hydrogen-bond donors (Lipinski definition) is 0. The summed E-state index contributed by atoms with van der Waals surface area (Å²) in [7, 11) is 0. The molecule has 8 aromatic carbocycles. The Hall–Kier alpha value is -7.55. The van der Waals surface area contributed by atoms with Gasteiger partial charge >= 0.3 is 0 Å². The van der Waals surface area contributed by atoms with Crippen molar-refractivity contribution in [1.29, 1.82) is 5.26 Å². The Morgan fingerprint density at radius 3 is 1.43 bits per heavy atom. The molecule has 0 aliphatic heterocycles. The molecule has 54 heavy (non-hydrogen) atoms. The van der Waals surface area contributed by atoms with Gasteiger partial charge in [-0.3, -0.25) is 0 Å². The van der Waals surface area contributed by atoms with Crippen molar-refractivity contribution in [2.24, 2.45) is 0 Å². The number of nitriles is 1. The van der Waals surface area contributed by atoms with Crippen molar-refractivity contribution in [3.8, 4) is 28.6 Å². The number of hydrogen-bond acceptors (Lipinski definition) is 3. The van der Waals surface area contributed by atoms with E-state index in [4.69, 9.17) is 8.83 Å². The minimum absolute atomic E-state index is 0.601. The molecule has 0 radical (unpaired) electrons. The molecule has 0 bridgehead atoms. The number of rotatable bonds is 3. The lowest BCUT2D eigenvalue weighted by Crippen LogP contribution is -1.97. The monoisotopic (exact) mass is 689 g/mol. The molecule has 0 N–H and O–H groups in total. The second-order valence-electron chi connectivity index (χ2n) is 14.0. The molecule has 0 atom stereocenters. The molecule has 4 aromatic heterocycles. The first-order valence-corrected chi connectivity index (χ1v) is 18.1. The number of para-hydroxylation sites is 4. The molecule has 0 fully saturated rings. The Kier molecular flexibility index (Phi) is 5.78. The number of fused-ring (bicyclic) bond motifs is 14. The SMILES string of the molecule is N#Cc1cc(-n2c3ccccc3c3ccc4c5ccccc5oc4c32)ccc1-c1ccc(-n2c3ccccc3c3ccc4c5ccccc5oc4c32)cc1. The Morgan fingerprint density at radius 2 is 0.870 bits per heavy atom. The van der Waals surface area contributed by atoms with Gasteiger partial charge in [0.1, 0.15) is 11.2 Å². The Balaban J connectivity index is 1.03. The van der Waals surface area contributed by atoms with Crippen molar-refractivity contribution in [2.45, 2.75) is 0 Å². The Labute approximate surface area is 307 Å². The standard InChI is InChI=1S/C49H27N3O2/c50-28-30-27-32(52-43-14-6-2-10-35(43)39-24-26-41-37-12-4-8-16-45(37)54-49(41)47(39)52)21-22-33(30)29-17-19-31(20-18-29)51-42-13-5-1-9-34(42)38-23-25-40-36-11-3-7-15-44(36)53-48(40)46(38)51/h1-27H. The molecule has 0 saturated carbocycles. The number of nitrogens with zero attached hydrogens (tertiary/aromatic N) is 3. The maximum Gasteiger partial charge on any atom is 0.160 e. The zero-order valence-electron chi connectivity index (χ0n) is 28.7. The second-order valence-corrected chi connectivity index (χ2v) is 14.0. The first kappa shape index (κ1) is 29.1. The molecule has 12 aromatic rings. The predicted octanol–water partition coefficient (Wildman–Crippen LogP) is 13.2. The maximum absolute atomic E-state index is 10.6. The number of benzene rings is 8. The average molecular weight is 690 g/mol. The van der Waals surface area contributed by atoms with Gasteiger partial charge in [0.15, 0.2) is 11.2 Å². The van der Waals surface area contributed by atoms with Gasteiger partial charge in [0.25, 0.3) is 0 Å². The van der Waals surface area contributed by atoms with Gasteiger partial charge in [0.05, 0.1) is 33.7 Å². The smallest absolute Gasteiger partial charge is 0.160 e. The lowest BCUT2D eigenvalue weighted by molar-refractivity contribution is 0.670. The van der Waals surface area contributed by atoms with Crippen molar-refractivity contribution in [3.05, 3.63) is 169 Å². The van der Waals surface area contributed by atoms with Gasteiger partial charge in [-0.1, -0.05) is 103 Å². The summed E-state index contributed by atoms with van der Waals surface area (Å²) in [6.07, 6.45) is 0. The van der Waals surface area contributed by atoms with Crippen LogP contribution in [0.1, 0.15) is 5.56 Å². The third-order valence-electron chi connectivity index (χ3n) is 11.2. The Morgan fingerprint density at radius 1 is 0.407 bits per heavy atom. The molecule has 0 spiro atoms. The molecule has 250 valence electrons. The topological polar surface area (TPSA) is 59.9 Å². The van der Waals surface area contributed by atoms with Crippen LogP contribution < -0.4 is 0 Å². The molecule has 0 saturated heterocycles. The largest absolute Gasteiger partial charge is 0.454 e. The van der Waals surface area contributed by atoms with Crippen LogP contribution in [0.25, 0.3) is 110 Å². The molecule has 5 heteroatoms. The average Bonchev–Trinajstić information content (AvgIpc) is 3.98. The molecule has 0 unspecified atom stereocenters. The minimum atomic E-state index is 0.601. The van der Waals surface area contributed by atoms with E-state index in [9.17, 15) is 5.26 Å². The highest BCUT2D eigenvalue weighted by molar-refractivity contribution is 6.22. The molecule has 5 nitrogen and oxygen atoms in total. The third-order valence-corrected chi connectivity index (χ3v) is 11.2. The molecule has 0 amide bonds. The van der Waals surface area contributed by atoms with Crippen LogP contribution in [0.15, 0.2) is 173 Å². The summed E-state index contributed by atoms with van der Waals surface area (Å²) in [6, 6.07) is 59.3. The zero-order valence-corrected chi connectivity index (χ0v) is 28.7. The Bertz CT molecular complexity index is 3570. The fourth-order valence-corrected chi connectivity index (χ4v) is 8.80. The summed E-state index contributed by atoms with van der Waals surface area (Å²) in [5.74, 6) is 0. The highest BCUT2D eigenvalue weighted by Gasteiger charge is 2.21. The fourth-order valence-electron chi connectivity index (χ4n) is 8.80. The van der Waals surface area contributed by atoms with E-state index >= 15 is 0 Å². The molecular weight excluding hydrogens is 663 g/mol. The molecule has 0 aliphatic carbocycles. The van der Waals surface area contributed by atoms with Crippen LogP contribution in [0.2, 0.25) is 0 Å². The van der Waals surface area contributed by atoms with Gasteiger partial charge < -0.3 is 18.0 Å². The van der Waals surface area contributed by atoms with Crippen LogP contribution in [0.4, 0.5) is 0 Å². The normalized spacial score (nSPS) is 12.1. The fraction of sp³-hybridized carbons (Fsp3) is 0. The summed E-state index contributed by atoms with van der Waals surface area (Å²) >= 11 is 0. The minimum Gasteiger partial charge on any atom is -0.454 e. The zero-order chi connectivity index (χ0) is 35.5. The van der Waals surface area contributed by atoms with Gasteiger partial charge in [-0.25, -0.2) is 0 Å². The van der Waals surface area contributed by atoms with Crippen LogP contribution in [0, 0.1) is 11.3 Å². The van der Waals surface area contributed by atoms with Gasteiger partial charge in [0, 0.05) is 54.5 Å². The van der Waals surface area contributed by atoms with E-state index in [2.05, 4.69) is 143 Å². The first-order valence-electron chi connectivity index (χ1n) is 18.1. The van der Waals surface area contributed by atoms with Crippen molar-refractivity contribution in [2.75, 3.05) is 0 Å². The van der Waals surface area contributed by atoms with Crippen LogP contribution in [-0.4, -0.2) is 9.13 Å². The van der Waals surface area contributed by atoms with Crippen molar-refractivity contribution in [1.82, 2.24) is 9.13 Å². The van der Waals surface area contributed by atoms with Gasteiger partial charge in [0.2, 0.25) is 0 Å². The van der Waals surface area contributed by atoms with E-state index in [1.165, 1.54) is 5.39 Å². The number of aromatic nitrogens is 2. The number of furan rings is 2. The highest BCUT2D eigenvalue weighted by Crippen LogP contribution is 2.42. The van der Waals surface area contributed by atoms with Crippen molar-refractivity contribution in [3.63, 3.8) is 0 Å². The van der Waals surface area contributed by atoms with Crippen LogP contribution in [0.5, 0.6) is 0 Å². The summed E-state index contributed by atoms with van der Waals surface area (Å²) in [4.78, 5) is 0. The summed E-state index contributed by atoms with van der Waals surface area (Å²) in [5, 5.41) is 19.5. The van der Waals surface area contributed by atoms with Gasteiger partial charge in [-0.05, 0) is 71.8 Å². The van der Waals surface area contributed by atoms with Crippen LogP contribution in [-0.2, 0) is 0 Å². The quantitative estimate of drug-likeness (QED) is 0.185. The van der Waals surface area contributed by atoms with E-state index < -0.39 is 0 Å². The van der Waals surface area contributed by atoms with E-state index in [1.807, 2.05) is 36.4 Å². The van der Waals surface area contributed by atoms with Crippen LogP contribution >= 0.6 is 0 Å². The van der Waals surface area contributed by atoms with Crippen molar-refractivity contribution >= 4 is 87.5 Å². The molecule has 12 rings (SSSR count). The third kappa shape index (κ3) is 3.86. The van der Waals surface area contributed by atoms with Crippen LogP contribution in [0.3, 0.4) is 0 Å². The molecule has 4 heterocycles. The summed E-state index contributed by atoms with van der Waals surface area (Å²) in [5.41, 5.74) is 12.0. The highest BCUT2D eigenvalue weighted by atomic mass is 16.3. The van der Waals surface area contributed by atoms with E-state index in [-0.39, 0.29) is 0 Å². The lowest BCUT2D eigenvalue weighted by Gasteiger charge is -2.13. The van der Waals surface area contributed by atoms with Gasteiger partial charge in [-0.15, -0.1) is 0 Å². The first-order chi connectivity index (χ1) is 26.7.